The van der Waals surface area contributed by atoms with E-state index in [1.54, 1.807) is 0 Å². The number of rotatable bonds is 6. The summed E-state index contributed by atoms with van der Waals surface area (Å²) in [5, 5.41) is 0. The molecule has 1 aliphatic carbocycles. The van der Waals surface area contributed by atoms with Crippen LogP contribution in [0.3, 0.4) is 0 Å². The van der Waals surface area contributed by atoms with E-state index in [1.807, 2.05) is 6.07 Å². The number of hydrogen-bond acceptors (Lipinski definition) is 1. The lowest BCUT2D eigenvalue weighted by Gasteiger charge is -2.04. The largest absolute Gasteiger partial charge is 0.377 e. The fraction of sp³-hybridized carbons (Fsp3) is 0.333. The molecule has 1 heteroatoms. The summed E-state index contributed by atoms with van der Waals surface area (Å²) in [6.45, 7) is 1.62. The molecule has 0 heterocycles. The van der Waals surface area contributed by atoms with Crippen molar-refractivity contribution in [3.63, 3.8) is 0 Å². The van der Waals surface area contributed by atoms with Crippen LogP contribution in [0.2, 0.25) is 0 Å². The van der Waals surface area contributed by atoms with Gasteiger partial charge in [0.05, 0.1) is 6.61 Å². The average molecular weight is 252 g/mol. The molecule has 1 saturated carbocycles. The third kappa shape index (κ3) is 3.45. The molecule has 0 saturated heterocycles. The molecule has 1 nitrogen and oxygen atoms in total. The van der Waals surface area contributed by atoms with E-state index in [0.29, 0.717) is 0 Å². The third-order valence-electron chi connectivity index (χ3n) is 3.89. The van der Waals surface area contributed by atoms with Crippen LogP contribution in [0.5, 0.6) is 0 Å². The Hall–Kier alpha value is -1.60. The van der Waals surface area contributed by atoms with E-state index in [2.05, 4.69) is 54.6 Å². The zero-order valence-corrected chi connectivity index (χ0v) is 11.2. The maximum Gasteiger partial charge on any atom is 0.0716 e. The highest BCUT2D eigenvalue weighted by molar-refractivity contribution is 5.25. The summed E-state index contributed by atoms with van der Waals surface area (Å²) in [6.07, 6.45) is 2.52. The van der Waals surface area contributed by atoms with Crippen molar-refractivity contribution in [3.05, 3.63) is 71.8 Å². The molecule has 0 aromatic heterocycles. The van der Waals surface area contributed by atoms with Gasteiger partial charge in [-0.05, 0) is 35.8 Å². The highest BCUT2D eigenvalue weighted by Crippen LogP contribution is 2.49. The molecule has 1 fully saturated rings. The van der Waals surface area contributed by atoms with E-state index in [1.165, 1.54) is 24.0 Å². The topological polar surface area (TPSA) is 9.23 Å². The molecule has 0 amide bonds. The molecule has 0 unspecified atom stereocenters. The SMILES string of the molecule is c1ccc(COCC[C@H]2C[C@@H]2c2ccccc2)cc1. The van der Waals surface area contributed by atoms with Gasteiger partial charge in [0.1, 0.15) is 0 Å². The molecule has 2 aromatic carbocycles. The summed E-state index contributed by atoms with van der Waals surface area (Å²) in [5.41, 5.74) is 2.76. The summed E-state index contributed by atoms with van der Waals surface area (Å²) in [6, 6.07) is 21.2. The van der Waals surface area contributed by atoms with Crippen LogP contribution >= 0.6 is 0 Å². The van der Waals surface area contributed by atoms with Crippen molar-refractivity contribution in [1.82, 2.24) is 0 Å². The molecule has 0 N–H and O–H groups in total. The van der Waals surface area contributed by atoms with Crippen molar-refractivity contribution in [2.24, 2.45) is 5.92 Å². The van der Waals surface area contributed by atoms with Crippen LogP contribution in [-0.4, -0.2) is 6.61 Å². The first-order valence-electron chi connectivity index (χ1n) is 7.10. The Labute approximate surface area is 115 Å². The molecule has 2 atom stereocenters. The predicted molar refractivity (Wildman–Crippen MR) is 78.0 cm³/mol. The zero-order chi connectivity index (χ0) is 12.9. The summed E-state index contributed by atoms with van der Waals surface area (Å²) < 4.78 is 5.75. The van der Waals surface area contributed by atoms with E-state index in [9.17, 15) is 0 Å². The standard InChI is InChI=1S/C18H20O/c1-3-7-15(8-4-1)14-19-12-11-17-13-18(17)16-9-5-2-6-10-16/h1-10,17-18H,11-14H2/t17-,18+/m0/s1. The van der Waals surface area contributed by atoms with Crippen LogP contribution in [0.15, 0.2) is 60.7 Å². The van der Waals surface area contributed by atoms with Crippen LogP contribution in [0, 0.1) is 5.92 Å². The third-order valence-corrected chi connectivity index (χ3v) is 3.89. The van der Waals surface area contributed by atoms with Gasteiger partial charge >= 0.3 is 0 Å². The Morgan fingerprint density at radius 1 is 0.895 bits per heavy atom. The highest BCUT2D eigenvalue weighted by atomic mass is 16.5. The molecule has 3 rings (SSSR count). The normalized spacial score (nSPS) is 21.3. The minimum absolute atomic E-state index is 0.740. The van der Waals surface area contributed by atoms with Gasteiger partial charge in [0.15, 0.2) is 0 Å². The maximum absolute atomic E-state index is 5.75. The van der Waals surface area contributed by atoms with Gasteiger partial charge in [0.2, 0.25) is 0 Å². The summed E-state index contributed by atoms with van der Waals surface area (Å²) in [5.74, 6) is 1.61. The molecule has 1 aliphatic rings. The van der Waals surface area contributed by atoms with E-state index in [-0.39, 0.29) is 0 Å². The second kappa shape index (κ2) is 6.03. The number of hydrogen-bond donors (Lipinski definition) is 0. The molecule has 98 valence electrons. The van der Waals surface area contributed by atoms with Gasteiger partial charge in [-0.2, -0.15) is 0 Å². The van der Waals surface area contributed by atoms with E-state index >= 15 is 0 Å². The molecule has 0 aliphatic heterocycles. The fourth-order valence-corrected chi connectivity index (χ4v) is 2.67. The minimum atomic E-state index is 0.740. The second-order valence-corrected chi connectivity index (χ2v) is 5.34. The van der Waals surface area contributed by atoms with E-state index < -0.39 is 0 Å². The summed E-state index contributed by atoms with van der Waals surface area (Å²) in [7, 11) is 0. The monoisotopic (exact) mass is 252 g/mol. The first kappa shape index (κ1) is 12.4. The Kier molecular flexibility index (Phi) is 3.95. The lowest BCUT2D eigenvalue weighted by molar-refractivity contribution is 0.114. The van der Waals surface area contributed by atoms with Gasteiger partial charge in [0, 0.05) is 6.61 Å². The average Bonchev–Trinajstić information content (AvgIpc) is 3.25. The second-order valence-electron chi connectivity index (χ2n) is 5.34. The zero-order valence-electron chi connectivity index (χ0n) is 11.2. The summed E-state index contributed by atoms with van der Waals surface area (Å²) >= 11 is 0. The molecule has 0 spiro atoms. The van der Waals surface area contributed by atoms with Gasteiger partial charge in [0.25, 0.3) is 0 Å². The molecule has 0 radical (unpaired) electrons. The quantitative estimate of drug-likeness (QED) is 0.692. The van der Waals surface area contributed by atoms with Gasteiger partial charge in [-0.25, -0.2) is 0 Å². The highest BCUT2D eigenvalue weighted by Gasteiger charge is 2.37. The van der Waals surface area contributed by atoms with Crippen LogP contribution in [0.1, 0.15) is 29.9 Å². The molecule has 19 heavy (non-hydrogen) atoms. The van der Waals surface area contributed by atoms with Gasteiger partial charge in [-0.15, -0.1) is 0 Å². The number of benzene rings is 2. The van der Waals surface area contributed by atoms with Gasteiger partial charge < -0.3 is 4.74 Å². The lowest BCUT2D eigenvalue weighted by Crippen LogP contribution is -1.97. The Morgan fingerprint density at radius 3 is 2.32 bits per heavy atom. The van der Waals surface area contributed by atoms with Crippen molar-refractivity contribution in [1.29, 1.82) is 0 Å². The Morgan fingerprint density at radius 2 is 1.58 bits per heavy atom. The van der Waals surface area contributed by atoms with E-state index in [4.69, 9.17) is 4.74 Å². The smallest absolute Gasteiger partial charge is 0.0716 e. The van der Waals surface area contributed by atoms with Gasteiger partial charge in [-0.3, -0.25) is 0 Å². The van der Waals surface area contributed by atoms with Crippen molar-refractivity contribution >= 4 is 0 Å². The molecule has 2 aromatic rings. The van der Waals surface area contributed by atoms with Crippen LogP contribution in [0.25, 0.3) is 0 Å². The first-order valence-corrected chi connectivity index (χ1v) is 7.10. The Balaban J connectivity index is 1.36. The first-order chi connectivity index (χ1) is 9.43. The molecule has 0 bridgehead atoms. The molecular formula is C18H20O. The Bertz CT molecular complexity index is 492. The van der Waals surface area contributed by atoms with Crippen molar-refractivity contribution in [3.8, 4) is 0 Å². The summed E-state index contributed by atoms with van der Waals surface area (Å²) in [4.78, 5) is 0. The fourth-order valence-electron chi connectivity index (χ4n) is 2.67. The molecular weight excluding hydrogens is 232 g/mol. The van der Waals surface area contributed by atoms with Crippen molar-refractivity contribution < 1.29 is 4.74 Å². The minimum Gasteiger partial charge on any atom is -0.377 e. The number of ether oxygens (including phenoxy) is 1. The lowest BCUT2D eigenvalue weighted by atomic mass is 10.1. The maximum atomic E-state index is 5.75. The van der Waals surface area contributed by atoms with Crippen LogP contribution in [0.4, 0.5) is 0 Å². The predicted octanol–water partition coefficient (Wildman–Crippen LogP) is 4.40. The van der Waals surface area contributed by atoms with E-state index in [0.717, 1.165) is 25.0 Å². The van der Waals surface area contributed by atoms with Crippen molar-refractivity contribution in [2.45, 2.75) is 25.4 Å². The van der Waals surface area contributed by atoms with Crippen molar-refractivity contribution in [2.75, 3.05) is 6.61 Å². The van der Waals surface area contributed by atoms with Crippen LogP contribution in [-0.2, 0) is 11.3 Å². The van der Waals surface area contributed by atoms with Crippen LogP contribution < -0.4 is 0 Å². The van der Waals surface area contributed by atoms with Gasteiger partial charge in [-0.1, -0.05) is 60.7 Å².